The second-order valence-electron chi connectivity index (χ2n) is 4.60. The van der Waals surface area contributed by atoms with Crippen LogP contribution in [0.2, 0.25) is 0 Å². The Kier molecular flexibility index (Phi) is 5.82. The van der Waals surface area contributed by atoms with Crippen molar-refractivity contribution in [2.24, 2.45) is 5.92 Å². The standard InChI is InChI=1S/C13H20N2O3S/c1-4-8(2)11(12(16)17)15-13(18)14-9(3)10-5-6-19-7-10/h5-9,11H,4H2,1-3H3,(H,16,17)(H2,14,15,18)/t8?,9?,11-/m0/s1. The van der Waals surface area contributed by atoms with Gasteiger partial charge in [0.05, 0.1) is 6.04 Å². The minimum absolute atomic E-state index is 0.111. The van der Waals surface area contributed by atoms with E-state index in [1.54, 1.807) is 18.3 Å². The Hall–Kier alpha value is -1.56. The molecule has 106 valence electrons. The summed E-state index contributed by atoms with van der Waals surface area (Å²) in [4.78, 5) is 22.9. The van der Waals surface area contributed by atoms with Gasteiger partial charge in [-0.05, 0) is 35.2 Å². The summed E-state index contributed by atoms with van der Waals surface area (Å²) in [6.07, 6.45) is 0.692. The van der Waals surface area contributed by atoms with Crippen LogP contribution in [0.4, 0.5) is 4.79 Å². The summed E-state index contributed by atoms with van der Waals surface area (Å²) < 4.78 is 0. The van der Waals surface area contributed by atoms with Gasteiger partial charge in [0.25, 0.3) is 0 Å². The molecule has 1 rings (SSSR count). The third kappa shape index (κ3) is 4.55. The molecule has 1 aromatic rings. The molecule has 0 aliphatic rings. The first-order valence-electron chi connectivity index (χ1n) is 6.27. The first kappa shape index (κ1) is 15.5. The lowest BCUT2D eigenvalue weighted by molar-refractivity contribution is -0.140. The summed E-state index contributed by atoms with van der Waals surface area (Å²) in [5.74, 6) is -1.12. The van der Waals surface area contributed by atoms with E-state index in [0.29, 0.717) is 6.42 Å². The van der Waals surface area contributed by atoms with Crippen molar-refractivity contribution in [3.8, 4) is 0 Å². The number of hydrogen-bond donors (Lipinski definition) is 3. The molecular weight excluding hydrogens is 264 g/mol. The second kappa shape index (κ2) is 7.13. The van der Waals surface area contributed by atoms with Crippen LogP contribution in [0.5, 0.6) is 0 Å². The number of rotatable bonds is 6. The number of hydrogen-bond acceptors (Lipinski definition) is 3. The summed E-state index contributed by atoms with van der Waals surface area (Å²) in [6, 6.07) is 0.475. The van der Waals surface area contributed by atoms with Crippen molar-refractivity contribution in [2.75, 3.05) is 0 Å². The van der Waals surface area contributed by atoms with Crippen LogP contribution in [0.3, 0.4) is 0 Å². The zero-order valence-electron chi connectivity index (χ0n) is 11.3. The molecule has 0 saturated heterocycles. The van der Waals surface area contributed by atoms with Gasteiger partial charge in [0.15, 0.2) is 0 Å². The van der Waals surface area contributed by atoms with Crippen LogP contribution in [0.25, 0.3) is 0 Å². The lowest BCUT2D eigenvalue weighted by atomic mass is 9.99. The van der Waals surface area contributed by atoms with Crippen LogP contribution in [0.1, 0.15) is 38.8 Å². The smallest absolute Gasteiger partial charge is 0.326 e. The third-order valence-electron chi connectivity index (χ3n) is 3.16. The lowest BCUT2D eigenvalue weighted by Crippen LogP contribution is -2.49. The Morgan fingerprint density at radius 2 is 2.05 bits per heavy atom. The Morgan fingerprint density at radius 3 is 2.53 bits per heavy atom. The Labute approximate surface area is 117 Å². The predicted molar refractivity (Wildman–Crippen MR) is 75.3 cm³/mol. The number of carbonyl (C=O) groups is 2. The molecule has 6 heteroatoms. The van der Waals surface area contributed by atoms with Gasteiger partial charge in [-0.15, -0.1) is 0 Å². The van der Waals surface area contributed by atoms with Crippen LogP contribution in [-0.4, -0.2) is 23.1 Å². The van der Waals surface area contributed by atoms with Crippen molar-refractivity contribution in [1.82, 2.24) is 10.6 Å². The number of carboxylic acid groups (broad SMARTS) is 1. The highest BCUT2D eigenvalue weighted by Crippen LogP contribution is 2.15. The van der Waals surface area contributed by atoms with Crippen LogP contribution < -0.4 is 10.6 Å². The maximum Gasteiger partial charge on any atom is 0.326 e. The van der Waals surface area contributed by atoms with Gasteiger partial charge in [0.1, 0.15) is 6.04 Å². The summed E-state index contributed by atoms with van der Waals surface area (Å²) in [7, 11) is 0. The fourth-order valence-electron chi connectivity index (χ4n) is 1.67. The van der Waals surface area contributed by atoms with Crippen molar-refractivity contribution in [3.05, 3.63) is 22.4 Å². The summed E-state index contributed by atoms with van der Waals surface area (Å²) in [5.41, 5.74) is 1.01. The first-order valence-corrected chi connectivity index (χ1v) is 7.21. The van der Waals surface area contributed by atoms with E-state index < -0.39 is 18.0 Å². The fraction of sp³-hybridized carbons (Fsp3) is 0.538. The van der Waals surface area contributed by atoms with Gasteiger partial charge in [0.2, 0.25) is 0 Å². The summed E-state index contributed by atoms with van der Waals surface area (Å²) >= 11 is 1.56. The van der Waals surface area contributed by atoms with Crippen molar-refractivity contribution in [1.29, 1.82) is 0 Å². The van der Waals surface area contributed by atoms with E-state index in [1.165, 1.54) is 0 Å². The Balaban J connectivity index is 2.56. The molecular formula is C13H20N2O3S. The largest absolute Gasteiger partial charge is 0.480 e. The van der Waals surface area contributed by atoms with E-state index in [-0.39, 0.29) is 12.0 Å². The molecule has 2 amide bonds. The van der Waals surface area contributed by atoms with Crippen LogP contribution in [0, 0.1) is 5.92 Å². The molecule has 19 heavy (non-hydrogen) atoms. The third-order valence-corrected chi connectivity index (χ3v) is 3.86. The molecule has 0 aromatic carbocycles. The SMILES string of the molecule is CCC(C)[C@H](NC(=O)NC(C)c1ccsc1)C(=O)O. The molecule has 3 atom stereocenters. The van der Waals surface area contributed by atoms with Gasteiger partial charge in [-0.1, -0.05) is 20.3 Å². The molecule has 0 fully saturated rings. The van der Waals surface area contributed by atoms with Gasteiger partial charge < -0.3 is 15.7 Å². The van der Waals surface area contributed by atoms with Crippen molar-refractivity contribution in [3.63, 3.8) is 0 Å². The molecule has 3 N–H and O–H groups in total. The van der Waals surface area contributed by atoms with Gasteiger partial charge in [-0.2, -0.15) is 11.3 Å². The quantitative estimate of drug-likeness (QED) is 0.751. The fourth-order valence-corrected chi connectivity index (χ4v) is 2.42. The highest BCUT2D eigenvalue weighted by Gasteiger charge is 2.25. The van der Waals surface area contributed by atoms with Crippen molar-refractivity contribution < 1.29 is 14.7 Å². The normalized spacial score (nSPS) is 15.3. The highest BCUT2D eigenvalue weighted by molar-refractivity contribution is 7.07. The van der Waals surface area contributed by atoms with Gasteiger partial charge in [-0.3, -0.25) is 0 Å². The van der Waals surface area contributed by atoms with E-state index in [1.807, 2.05) is 30.7 Å². The van der Waals surface area contributed by atoms with Crippen molar-refractivity contribution >= 4 is 23.3 Å². The molecule has 0 aliphatic heterocycles. The average Bonchev–Trinajstić information content (AvgIpc) is 2.88. The van der Waals surface area contributed by atoms with E-state index in [0.717, 1.165) is 5.56 Å². The van der Waals surface area contributed by atoms with Gasteiger partial charge in [-0.25, -0.2) is 9.59 Å². The Bertz CT molecular complexity index is 420. The molecule has 0 radical (unpaired) electrons. The average molecular weight is 284 g/mol. The maximum absolute atomic E-state index is 11.8. The molecule has 2 unspecified atom stereocenters. The number of carbonyl (C=O) groups excluding carboxylic acids is 1. The monoisotopic (exact) mass is 284 g/mol. The number of carboxylic acids is 1. The molecule has 5 nitrogen and oxygen atoms in total. The summed E-state index contributed by atoms with van der Waals surface area (Å²) in [6.45, 7) is 5.57. The Morgan fingerprint density at radius 1 is 1.37 bits per heavy atom. The van der Waals surface area contributed by atoms with Crippen LogP contribution in [0.15, 0.2) is 16.8 Å². The van der Waals surface area contributed by atoms with E-state index in [4.69, 9.17) is 5.11 Å². The van der Waals surface area contributed by atoms with E-state index in [9.17, 15) is 9.59 Å². The van der Waals surface area contributed by atoms with Crippen LogP contribution >= 0.6 is 11.3 Å². The number of aliphatic carboxylic acids is 1. The van der Waals surface area contributed by atoms with E-state index >= 15 is 0 Å². The lowest BCUT2D eigenvalue weighted by Gasteiger charge is -2.21. The molecule has 0 spiro atoms. The number of urea groups is 1. The van der Waals surface area contributed by atoms with Crippen molar-refractivity contribution in [2.45, 2.75) is 39.3 Å². The second-order valence-corrected chi connectivity index (χ2v) is 5.38. The zero-order chi connectivity index (χ0) is 14.4. The van der Waals surface area contributed by atoms with Gasteiger partial charge in [0, 0.05) is 0 Å². The molecule has 0 saturated carbocycles. The topological polar surface area (TPSA) is 78.4 Å². The zero-order valence-corrected chi connectivity index (χ0v) is 12.2. The first-order chi connectivity index (χ1) is 8.95. The minimum Gasteiger partial charge on any atom is -0.480 e. The highest BCUT2D eigenvalue weighted by atomic mass is 32.1. The van der Waals surface area contributed by atoms with Crippen LogP contribution in [-0.2, 0) is 4.79 Å². The molecule has 0 aliphatic carbocycles. The molecule has 1 aromatic heterocycles. The predicted octanol–water partition coefficient (Wildman–Crippen LogP) is 2.61. The number of nitrogens with one attached hydrogen (secondary N) is 2. The van der Waals surface area contributed by atoms with E-state index in [2.05, 4.69) is 10.6 Å². The maximum atomic E-state index is 11.8. The molecule has 1 heterocycles. The number of thiophene rings is 1. The summed E-state index contributed by atoms with van der Waals surface area (Å²) in [5, 5.41) is 18.2. The minimum atomic E-state index is -1.01. The number of amides is 2. The van der Waals surface area contributed by atoms with Gasteiger partial charge >= 0.3 is 12.0 Å². The molecule has 0 bridgehead atoms.